The molecule has 21 heteroatoms. The normalized spacial score (nSPS) is 20.0. The number of carboxylic acids is 1. The summed E-state index contributed by atoms with van der Waals surface area (Å²) in [4.78, 5) is 60.6. The lowest BCUT2D eigenvalue weighted by Gasteiger charge is -2.46. The van der Waals surface area contributed by atoms with Crippen LogP contribution in [0.15, 0.2) is 24.3 Å². The number of rotatable bonds is 30. The van der Waals surface area contributed by atoms with E-state index in [0.29, 0.717) is 90.0 Å². The molecule has 0 aromatic heterocycles. The summed E-state index contributed by atoms with van der Waals surface area (Å²) in [5, 5.41) is 53.5. The molecule has 1 aliphatic heterocycles. The topological polar surface area (TPSA) is 279 Å². The van der Waals surface area contributed by atoms with Crippen LogP contribution in [0.25, 0.3) is 0 Å². The van der Waals surface area contributed by atoms with E-state index in [1.807, 2.05) is 0 Å². The molecule has 1 heterocycles. The molecule has 61 heavy (non-hydrogen) atoms. The third-order valence-corrected chi connectivity index (χ3v) is 9.03. The van der Waals surface area contributed by atoms with Crippen LogP contribution < -0.4 is 21.3 Å². The number of carboxylic acid groups (broad SMARTS) is 1. The fraction of sp³-hybridized carbons (Fsp3) is 0.725. The summed E-state index contributed by atoms with van der Waals surface area (Å²) in [6.45, 7) is 9.44. The highest BCUT2D eigenvalue weighted by Gasteiger charge is 2.55. The average molecular weight is 893 g/mol. The summed E-state index contributed by atoms with van der Waals surface area (Å²) in [7, 11) is 0. The summed E-state index contributed by atoms with van der Waals surface area (Å²) in [5.41, 5.74) is -0.357. The Labute approximate surface area is 361 Å². The molecule has 0 spiro atoms. The van der Waals surface area contributed by atoms with Crippen LogP contribution in [0, 0.1) is 0 Å². The number of hydrogen-bond donors (Lipinski definition) is 8. The van der Waals surface area contributed by atoms with Gasteiger partial charge in [-0.15, -0.1) is 0 Å². The van der Waals surface area contributed by atoms with E-state index in [1.54, 1.807) is 32.9 Å². The zero-order chi connectivity index (χ0) is 45.3. The minimum Gasteiger partial charge on any atom is -0.477 e. The number of aliphatic hydroxyl groups is 3. The van der Waals surface area contributed by atoms with Crippen LogP contribution in [0.5, 0.6) is 0 Å². The summed E-state index contributed by atoms with van der Waals surface area (Å²) >= 11 is 5.93. The van der Waals surface area contributed by atoms with E-state index >= 15 is 0 Å². The third-order valence-electron chi connectivity index (χ3n) is 8.79. The number of nitrogens with one attached hydrogen (secondary N) is 4. The first kappa shape index (κ1) is 53.4. The van der Waals surface area contributed by atoms with Crippen LogP contribution in [0.3, 0.4) is 0 Å². The predicted molar refractivity (Wildman–Crippen MR) is 219 cm³/mol. The van der Waals surface area contributed by atoms with Crippen molar-refractivity contribution < 1.29 is 77.6 Å². The number of benzene rings is 1. The first-order valence-corrected chi connectivity index (χ1v) is 20.8. The van der Waals surface area contributed by atoms with Gasteiger partial charge in [0.15, 0.2) is 0 Å². The molecule has 1 aromatic carbocycles. The molecule has 0 unspecified atom stereocenters. The highest BCUT2D eigenvalue weighted by Crippen LogP contribution is 2.34. The third kappa shape index (κ3) is 22.3. The van der Waals surface area contributed by atoms with Crippen molar-refractivity contribution in [3.8, 4) is 0 Å². The number of aliphatic carboxylic acids is 1. The van der Waals surface area contributed by atoms with E-state index in [1.165, 1.54) is 12.1 Å². The van der Waals surface area contributed by atoms with Crippen molar-refractivity contribution in [2.24, 2.45) is 0 Å². The fourth-order valence-corrected chi connectivity index (χ4v) is 6.01. The average Bonchev–Trinajstić information content (AvgIpc) is 3.18. The van der Waals surface area contributed by atoms with Gasteiger partial charge in [-0.2, -0.15) is 0 Å². The van der Waals surface area contributed by atoms with Crippen LogP contribution in [0.2, 0.25) is 5.02 Å². The molecule has 1 fully saturated rings. The van der Waals surface area contributed by atoms with Crippen molar-refractivity contribution in [3.63, 3.8) is 0 Å². The maximum absolute atomic E-state index is 12.5. The standard InChI is InChI=1S/C40H65ClN4O16/c1-27(46)45-33-30(47)25-40(37(52)53,60-35(33)34(50)31(48)26-44-36(51)28-10-9-11-29(41)24-28)59-15-8-6-5-7-13-42-32(49)12-16-55-18-20-57-22-23-58-21-19-56-17-14-43-38(54)61-39(2,3)4/h9-11,24,30-31,33-35,47-48,50H,5-8,12-23,25-26H2,1-4H3,(H,42,49)(H,43,54)(H,44,51)(H,45,46)(H,52,53)/t30-,31+,33+,34+,35+,40+/m0/s1. The Bertz CT molecular complexity index is 1490. The quantitative estimate of drug-likeness (QED) is 0.0499. The first-order chi connectivity index (χ1) is 28.9. The Balaban J connectivity index is 1.58. The van der Waals surface area contributed by atoms with Gasteiger partial charge in [-0.25, -0.2) is 9.59 Å². The monoisotopic (exact) mass is 892 g/mol. The number of ether oxygens (including phenoxy) is 7. The highest BCUT2D eigenvalue weighted by molar-refractivity contribution is 6.30. The van der Waals surface area contributed by atoms with Gasteiger partial charge in [0, 0.05) is 50.0 Å². The first-order valence-electron chi connectivity index (χ1n) is 20.4. The predicted octanol–water partition coefficient (Wildman–Crippen LogP) is 0.901. The summed E-state index contributed by atoms with van der Waals surface area (Å²) < 4.78 is 38.3. The van der Waals surface area contributed by atoms with E-state index in [2.05, 4.69) is 21.3 Å². The largest absolute Gasteiger partial charge is 0.477 e. The van der Waals surface area contributed by atoms with Gasteiger partial charge in [0.25, 0.3) is 11.7 Å². The lowest BCUT2D eigenvalue weighted by molar-refractivity contribution is -0.310. The molecule has 1 aliphatic rings. The van der Waals surface area contributed by atoms with Crippen molar-refractivity contribution in [1.29, 1.82) is 0 Å². The number of hydrogen-bond acceptors (Lipinski definition) is 15. The molecule has 4 amide bonds. The van der Waals surface area contributed by atoms with E-state index < -0.39 is 78.7 Å². The van der Waals surface area contributed by atoms with Gasteiger partial charge in [-0.05, 0) is 51.8 Å². The van der Waals surface area contributed by atoms with E-state index in [4.69, 9.17) is 44.8 Å². The van der Waals surface area contributed by atoms with E-state index in [-0.39, 0.29) is 31.1 Å². The molecule has 8 N–H and O–H groups in total. The van der Waals surface area contributed by atoms with Gasteiger partial charge in [-0.1, -0.05) is 30.5 Å². The van der Waals surface area contributed by atoms with Gasteiger partial charge >= 0.3 is 12.1 Å². The zero-order valence-electron chi connectivity index (χ0n) is 35.5. The minimum atomic E-state index is -2.41. The SMILES string of the molecule is CC(=O)N[C@H]1[C@H]([C@H](O)[C@H](O)CNC(=O)c2cccc(Cl)c2)O[C@@](OCCCCCCNC(=O)CCOCCOCCOCCOCCNC(=O)OC(C)(C)C)(C(=O)O)C[C@@H]1O. The molecule has 2 rings (SSSR count). The minimum absolute atomic E-state index is 0.0989. The zero-order valence-corrected chi connectivity index (χ0v) is 36.2. The van der Waals surface area contributed by atoms with Crippen LogP contribution in [-0.4, -0.2) is 171 Å². The molecule has 1 aromatic rings. The van der Waals surface area contributed by atoms with Crippen molar-refractivity contribution in [2.75, 3.05) is 79.1 Å². The smallest absolute Gasteiger partial charge is 0.407 e. The van der Waals surface area contributed by atoms with E-state index in [0.717, 1.165) is 6.92 Å². The molecule has 348 valence electrons. The molecular weight excluding hydrogens is 828 g/mol. The van der Waals surface area contributed by atoms with Crippen LogP contribution >= 0.6 is 11.6 Å². The van der Waals surface area contributed by atoms with Crippen molar-refractivity contribution in [3.05, 3.63) is 34.9 Å². The Morgan fingerprint density at radius 3 is 2.08 bits per heavy atom. The summed E-state index contributed by atoms with van der Waals surface area (Å²) in [5.74, 6) is -5.37. The fourth-order valence-electron chi connectivity index (χ4n) is 5.82. The molecule has 1 saturated heterocycles. The second-order valence-electron chi connectivity index (χ2n) is 15.2. The molecule has 20 nitrogen and oxygen atoms in total. The maximum Gasteiger partial charge on any atom is 0.407 e. The van der Waals surface area contributed by atoms with Gasteiger partial charge < -0.3 is 74.9 Å². The number of alkyl carbamates (subject to hydrolysis) is 1. The molecular formula is C40H65ClN4O16. The Hall–Kier alpha value is -3.70. The molecule has 6 atom stereocenters. The number of carbonyl (C=O) groups is 5. The van der Waals surface area contributed by atoms with Gasteiger partial charge in [-0.3, -0.25) is 14.4 Å². The lowest BCUT2D eigenvalue weighted by atomic mass is 9.88. The molecule has 0 aliphatic carbocycles. The van der Waals surface area contributed by atoms with Gasteiger partial charge in [0.2, 0.25) is 11.8 Å². The second kappa shape index (κ2) is 28.8. The van der Waals surface area contributed by atoms with Crippen molar-refractivity contribution >= 4 is 41.4 Å². The van der Waals surface area contributed by atoms with Crippen LogP contribution in [0.1, 0.15) is 76.6 Å². The molecule has 0 bridgehead atoms. The van der Waals surface area contributed by atoms with Gasteiger partial charge in [0.1, 0.15) is 17.8 Å². The second-order valence-corrected chi connectivity index (χ2v) is 15.6. The summed E-state index contributed by atoms with van der Waals surface area (Å²) in [6.07, 6.45) is -5.35. The molecule has 0 saturated carbocycles. The maximum atomic E-state index is 12.5. The summed E-state index contributed by atoms with van der Waals surface area (Å²) in [6, 6.07) is 4.71. The molecule has 0 radical (unpaired) electrons. The Morgan fingerprint density at radius 1 is 0.852 bits per heavy atom. The highest BCUT2D eigenvalue weighted by atomic mass is 35.5. The number of aliphatic hydroxyl groups excluding tert-OH is 3. The van der Waals surface area contributed by atoms with Crippen LogP contribution in [-0.2, 0) is 47.5 Å². The van der Waals surface area contributed by atoms with Crippen molar-refractivity contribution in [2.45, 2.75) is 108 Å². The van der Waals surface area contributed by atoms with Crippen LogP contribution in [0.4, 0.5) is 4.79 Å². The number of halogens is 1. The van der Waals surface area contributed by atoms with Crippen molar-refractivity contribution in [1.82, 2.24) is 21.3 Å². The Morgan fingerprint density at radius 2 is 1.48 bits per heavy atom. The number of unbranched alkanes of at least 4 members (excludes halogenated alkanes) is 3. The number of amides is 4. The number of carbonyl (C=O) groups excluding carboxylic acids is 4. The Kier molecular flexibility index (Phi) is 25.2. The van der Waals surface area contributed by atoms with Gasteiger partial charge in [0.05, 0.1) is 77.7 Å². The van der Waals surface area contributed by atoms with E-state index in [9.17, 15) is 44.4 Å². The lowest BCUT2D eigenvalue weighted by Crippen LogP contribution is -2.68.